The zero-order chi connectivity index (χ0) is 13.9. The molecule has 0 saturated carbocycles. The molecule has 0 unspecified atom stereocenters. The standard InChI is InChI=1S/C14H31N.HNO2/c1-2-3-4-5-6-7-8-9-10-11-12-13-14-15;2-1-3/h2-15H2,1H3;(H,2,3). The zero-order valence-corrected chi connectivity index (χ0v) is 12.2. The predicted octanol–water partition coefficient (Wildman–Crippen LogP) is 4.18. The van der Waals surface area contributed by atoms with Crippen molar-refractivity contribution in [3.8, 4) is 0 Å². The molecule has 0 aliphatic heterocycles. The minimum atomic E-state index is 1.00. The van der Waals surface area contributed by atoms with E-state index in [1.54, 1.807) is 0 Å². The summed E-state index contributed by atoms with van der Waals surface area (Å²) in [5.74, 6) is 0. The Hall–Kier alpha value is -0.640. The zero-order valence-electron chi connectivity index (χ0n) is 12.2. The van der Waals surface area contributed by atoms with Crippen LogP contribution in [0.25, 0.3) is 0 Å². The van der Waals surface area contributed by atoms with Gasteiger partial charge in [0.25, 0.3) is 0 Å². The van der Waals surface area contributed by atoms with E-state index in [1.165, 1.54) is 77.0 Å². The maximum Gasteiger partial charge on any atom is 0.0739 e. The number of unbranched alkanes of at least 4 members (excludes halogenated alkanes) is 11. The molecule has 0 spiro atoms. The lowest BCUT2D eigenvalue weighted by Gasteiger charge is -2.01. The fourth-order valence-electron chi connectivity index (χ4n) is 2.02. The van der Waals surface area contributed by atoms with E-state index in [2.05, 4.69) is 12.7 Å². The highest BCUT2D eigenvalue weighted by Crippen LogP contribution is 2.11. The summed E-state index contributed by atoms with van der Waals surface area (Å²) in [4.78, 5) is 8.00. The molecule has 0 radical (unpaired) electrons. The van der Waals surface area contributed by atoms with Crippen molar-refractivity contribution in [1.82, 2.24) is 0 Å². The van der Waals surface area contributed by atoms with Crippen LogP contribution in [0.1, 0.15) is 84.0 Å². The average Bonchev–Trinajstić information content (AvgIpc) is 2.37. The summed E-state index contributed by atoms with van der Waals surface area (Å²) in [7, 11) is 0. The number of hydrogen-bond donors (Lipinski definition) is 1. The van der Waals surface area contributed by atoms with Gasteiger partial charge in [-0.05, 0) is 12.8 Å². The van der Waals surface area contributed by atoms with E-state index < -0.39 is 0 Å². The number of nitrogens with zero attached hydrogens (tertiary/aromatic N) is 1. The lowest BCUT2D eigenvalue weighted by atomic mass is 10.1. The fourth-order valence-corrected chi connectivity index (χ4v) is 2.02. The van der Waals surface area contributed by atoms with Gasteiger partial charge in [-0.3, -0.25) is 0 Å². The molecule has 4 nitrogen and oxygen atoms in total. The van der Waals surface area contributed by atoms with Gasteiger partial charge in [0.1, 0.15) is 0 Å². The molecule has 0 atom stereocenters. The van der Waals surface area contributed by atoms with Crippen LogP contribution in [-0.4, -0.2) is 6.54 Å². The van der Waals surface area contributed by atoms with Crippen LogP contribution in [0.15, 0.2) is 5.34 Å². The molecule has 0 aromatic carbocycles. The van der Waals surface area contributed by atoms with Gasteiger partial charge in [-0.2, -0.15) is 0 Å². The van der Waals surface area contributed by atoms with Crippen LogP contribution in [0.4, 0.5) is 0 Å². The molecule has 0 heterocycles. The Morgan fingerprint density at radius 2 is 1.06 bits per heavy atom. The topological polar surface area (TPSA) is 80.1 Å². The molecule has 110 valence electrons. The van der Waals surface area contributed by atoms with Gasteiger partial charge in [-0.1, -0.05) is 71.1 Å². The van der Waals surface area contributed by atoms with Crippen molar-refractivity contribution in [3.63, 3.8) is 0 Å². The first-order valence-electron chi connectivity index (χ1n) is 7.57. The Morgan fingerprint density at radius 1 is 0.778 bits per heavy atom. The van der Waals surface area contributed by atoms with E-state index >= 15 is 0 Å². The van der Waals surface area contributed by atoms with Gasteiger partial charge >= 0.3 is 0 Å². The molecule has 0 bridgehead atoms. The molecule has 18 heavy (non-hydrogen) atoms. The third-order valence-electron chi connectivity index (χ3n) is 3.10. The van der Waals surface area contributed by atoms with Crippen LogP contribution in [0.5, 0.6) is 0 Å². The van der Waals surface area contributed by atoms with E-state index in [0.717, 1.165) is 11.9 Å². The maximum absolute atomic E-state index is 8.00. The second-order valence-electron chi connectivity index (χ2n) is 4.82. The van der Waals surface area contributed by atoms with Gasteiger partial charge in [0, 0.05) is 0 Å². The van der Waals surface area contributed by atoms with E-state index in [4.69, 9.17) is 10.1 Å². The molecule has 0 saturated heterocycles. The van der Waals surface area contributed by atoms with Crippen LogP contribution >= 0.6 is 0 Å². The maximum atomic E-state index is 8.00. The van der Waals surface area contributed by atoms with Crippen molar-refractivity contribution in [2.45, 2.75) is 84.0 Å². The second kappa shape index (κ2) is 21.6. The molecular weight excluding hydrogens is 228 g/mol. The van der Waals surface area contributed by atoms with Crippen LogP contribution in [-0.2, 0) is 0 Å². The SMILES string of the molecule is CCCCCCCCCCCCCC[NH3+].O=N[O-]. The smallest absolute Gasteiger partial charge is 0.0739 e. The van der Waals surface area contributed by atoms with Crippen LogP contribution < -0.4 is 5.73 Å². The summed E-state index contributed by atoms with van der Waals surface area (Å²) in [5.41, 5.74) is 3.87. The first-order valence-corrected chi connectivity index (χ1v) is 7.57. The highest BCUT2D eigenvalue weighted by molar-refractivity contribution is 4.47. The van der Waals surface area contributed by atoms with E-state index in [1.807, 2.05) is 0 Å². The fraction of sp³-hybridized carbons (Fsp3) is 1.00. The second-order valence-corrected chi connectivity index (χ2v) is 4.82. The largest absolute Gasteiger partial charge is 0.444 e. The monoisotopic (exact) mass is 260 g/mol. The Kier molecular flexibility index (Phi) is 23.7. The van der Waals surface area contributed by atoms with Gasteiger partial charge in [0.15, 0.2) is 0 Å². The quantitative estimate of drug-likeness (QED) is 0.324. The molecule has 3 N–H and O–H groups in total. The molecule has 0 fully saturated rings. The molecule has 0 aromatic rings. The van der Waals surface area contributed by atoms with Gasteiger partial charge in [0.05, 0.1) is 6.54 Å². The number of hydrogen-bond acceptors (Lipinski definition) is 3. The molecule has 0 aromatic heterocycles. The first kappa shape index (κ1) is 19.7. The minimum absolute atomic E-state index is 1.00. The number of rotatable bonds is 12. The van der Waals surface area contributed by atoms with Gasteiger partial charge in [0.2, 0.25) is 0 Å². The summed E-state index contributed by atoms with van der Waals surface area (Å²) in [6, 6.07) is 0. The highest BCUT2D eigenvalue weighted by atomic mass is 16.6. The lowest BCUT2D eigenvalue weighted by molar-refractivity contribution is -0.368. The summed E-state index contributed by atoms with van der Waals surface area (Å²) in [6.07, 6.45) is 17.2. The van der Waals surface area contributed by atoms with Crippen molar-refractivity contribution in [2.24, 2.45) is 5.34 Å². The summed E-state index contributed by atoms with van der Waals surface area (Å²) in [6.45, 7) is 3.41. The van der Waals surface area contributed by atoms with E-state index in [0.29, 0.717) is 0 Å². The summed E-state index contributed by atoms with van der Waals surface area (Å²) >= 11 is 0. The van der Waals surface area contributed by atoms with Crippen molar-refractivity contribution < 1.29 is 5.73 Å². The third-order valence-corrected chi connectivity index (χ3v) is 3.10. The van der Waals surface area contributed by atoms with Crippen LogP contribution in [0, 0.1) is 10.1 Å². The Morgan fingerprint density at radius 3 is 1.33 bits per heavy atom. The summed E-state index contributed by atoms with van der Waals surface area (Å²) in [5, 5.41) is 9.00. The van der Waals surface area contributed by atoms with Crippen LogP contribution in [0.2, 0.25) is 0 Å². The Balaban J connectivity index is 0. The third kappa shape index (κ3) is 24.5. The Labute approximate surface area is 112 Å². The van der Waals surface area contributed by atoms with Gasteiger partial charge in [-0.15, -0.1) is 5.34 Å². The first-order chi connectivity index (χ1) is 8.83. The Bertz CT molecular complexity index is 132. The molecule has 0 rings (SSSR count). The van der Waals surface area contributed by atoms with Crippen molar-refractivity contribution in [1.29, 1.82) is 0 Å². The predicted molar refractivity (Wildman–Crippen MR) is 78.0 cm³/mol. The van der Waals surface area contributed by atoms with Crippen molar-refractivity contribution >= 4 is 0 Å². The normalized spacial score (nSPS) is 9.67. The molecular formula is C14H32N2O2. The molecule has 0 aliphatic rings. The van der Waals surface area contributed by atoms with Crippen molar-refractivity contribution in [3.05, 3.63) is 10.1 Å². The number of quaternary nitrogens is 1. The van der Waals surface area contributed by atoms with Gasteiger partial charge < -0.3 is 15.8 Å². The van der Waals surface area contributed by atoms with Crippen molar-refractivity contribution in [2.75, 3.05) is 6.54 Å². The van der Waals surface area contributed by atoms with E-state index in [9.17, 15) is 0 Å². The molecule has 0 amide bonds. The van der Waals surface area contributed by atoms with Crippen LogP contribution in [0.3, 0.4) is 0 Å². The molecule has 4 heteroatoms. The van der Waals surface area contributed by atoms with Gasteiger partial charge in [-0.25, -0.2) is 0 Å². The van der Waals surface area contributed by atoms with E-state index in [-0.39, 0.29) is 0 Å². The lowest BCUT2D eigenvalue weighted by Crippen LogP contribution is -2.50. The molecule has 0 aliphatic carbocycles. The summed E-state index contributed by atoms with van der Waals surface area (Å²) < 4.78 is 0. The minimum Gasteiger partial charge on any atom is -0.444 e. The average molecular weight is 260 g/mol. The highest BCUT2D eigenvalue weighted by Gasteiger charge is 1.92.